The Balaban J connectivity index is 2.13. The van der Waals surface area contributed by atoms with Gasteiger partial charge in [0.05, 0.1) is 17.6 Å². The maximum absolute atomic E-state index is 10.8. The van der Waals surface area contributed by atoms with Gasteiger partial charge in [0.1, 0.15) is 5.75 Å². The van der Waals surface area contributed by atoms with Gasteiger partial charge in [0.25, 0.3) is 5.69 Å². The topological polar surface area (TPSA) is 64.4 Å². The van der Waals surface area contributed by atoms with E-state index < -0.39 is 0 Å². The van der Waals surface area contributed by atoms with Gasteiger partial charge < -0.3 is 10.1 Å². The van der Waals surface area contributed by atoms with Crippen molar-refractivity contribution < 1.29 is 9.66 Å². The third-order valence-corrected chi connectivity index (χ3v) is 2.65. The van der Waals surface area contributed by atoms with Crippen molar-refractivity contribution in [3.8, 4) is 5.75 Å². The summed E-state index contributed by atoms with van der Waals surface area (Å²) < 4.78 is 5.33. The summed E-state index contributed by atoms with van der Waals surface area (Å²) in [5, 5.41) is 14.1. The number of benzene rings is 1. The molecule has 5 nitrogen and oxygen atoms in total. The summed E-state index contributed by atoms with van der Waals surface area (Å²) in [6.07, 6.45) is 2.40. The van der Waals surface area contributed by atoms with Gasteiger partial charge in [-0.25, -0.2) is 0 Å². The van der Waals surface area contributed by atoms with Gasteiger partial charge in [-0.15, -0.1) is 0 Å². The van der Waals surface area contributed by atoms with Crippen molar-refractivity contribution in [1.82, 2.24) is 5.32 Å². The molecule has 92 valence electrons. The Kier molecular flexibility index (Phi) is 3.58. The molecule has 0 radical (unpaired) electrons. The summed E-state index contributed by atoms with van der Waals surface area (Å²) in [6.45, 7) is 3.03. The Hall–Kier alpha value is -1.62. The second-order valence-electron chi connectivity index (χ2n) is 4.18. The number of ether oxygens (including phenoxy) is 1. The van der Waals surface area contributed by atoms with Gasteiger partial charge in [-0.1, -0.05) is 0 Å². The lowest BCUT2D eigenvalue weighted by molar-refractivity contribution is -0.385. The van der Waals surface area contributed by atoms with Gasteiger partial charge in [0, 0.05) is 18.7 Å². The summed E-state index contributed by atoms with van der Waals surface area (Å²) in [7, 11) is 0. The molecular weight excluding hydrogens is 220 g/mol. The van der Waals surface area contributed by atoms with Gasteiger partial charge >= 0.3 is 0 Å². The molecule has 1 fully saturated rings. The van der Waals surface area contributed by atoms with Crippen LogP contribution in [0.1, 0.15) is 25.3 Å². The SMILES string of the molecule is CCOc1cc(CNC2CC2)cc([N+](=O)[O-])c1. The lowest BCUT2D eigenvalue weighted by Gasteiger charge is -2.07. The van der Waals surface area contributed by atoms with Crippen LogP contribution in [0, 0.1) is 10.1 Å². The number of nitro benzene ring substituents is 1. The Bertz CT molecular complexity index is 416. The number of hydrogen-bond donors (Lipinski definition) is 1. The highest BCUT2D eigenvalue weighted by Crippen LogP contribution is 2.24. The normalized spacial score (nSPS) is 14.6. The van der Waals surface area contributed by atoms with Crippen LogP contribution in [0.2, 0.25) is 0 Å². The third-order valence-electron chi connectivity index (χ3n) is 2.65. The van der Waals surface area contributed by atoms with Gasteiger partial charge in [-0.05, 0) is 31.4 Å². The standard InChI is InChI=1S/C12H16N2O3/c1-2-17-12-6-9(8-13-10-3-4-10)5-11(7-12)14(15)16/h5-7,10,13H,2-4,8H2,1H3. The molecule has 0 saturated heterocycles. The highest BCUT2D eigenvalue weighted by atomic mass is 16.6. The van der Waals surface area contributed by atoms with Gasteiger partial charge in [0.15, 0.2) is 0 Å². The zero-order chi connectivity index (χ0) is 12.3. The minimum atomic E-state index is -0.386. The highest BCUT2D eigenvalue weighted by Gasteiger charge is 2.20. The average molecular weight is 236 g/mol. The van der Waals surface area contributed by atoms with E-state index in [2.05, 4.69) is 5.32 Å². The van der Waals surface area contributed by atoms with Crippen LogP contribution >= 0.6 is 0 Å². The van der Waals surface area contributed by atoms with Crippen LogP contribution in [0.4, 0.5) is 5.69 Å². The predicted molar refractivity (Wildman–Crippen MR) is 64.1 cm³/mol. The van der Waals surface area contributed by atoms with Gasteiger partial charge in [-0.2, -0.15) is 0 Å². The van der Waals surface area contributed by atoms with Crippen LogP contribution in [-0.2, 0) is 6.54 Å². The van der Waals surface area contributed by atoms with E-state index in [1.807, 2.05) is 13.0 Å². The molecule has 0 atom stereocenters. The first kappa shape index (κ1) is 11.9. The smallest absolute Gasteiger partial charge is 0.273 e. The van der Waals surface area contributed by atoms with E-state index in [9.17, 15) is 10.1 Å². The van der Waals surface area contributed by atoms with Crippen molar-refractivity contribution in [2.75, 3.05) is 6.61 Å². The summed E-state index contributed by atoms with van der Waals surface area (Å²) in [6, 6.07) is 5.50. The van der Waals surface area contributed by atoms with Crippen LogP contribution < -0.4 is 10.1 Å². The van der Waals surface area contributed by atoms with E-state index >= 15 is 0 Å². The zero-order valence-corrected chi connectivity index (χ0v) is 9.81. The molecule has 1 N–H and O–H groups in total. The lowest BCUT2D eigenvalue weighted by Crippen LogP contribution is -2.15. The first-order valence-corrected chi connectivity index (χ1v) is 5.83. The Morgan fingerprint density at radius 2 is 2.24 bits per heavy atom. The van der Waals surface area contributed by atoms with E-state index in [0.29, 0.717) is 24.9 Å². The zero-order valence-electron chi connectivity index (χ0n) is 9.81. The second-order valence-corrected chi connectivity index (χ2v) is 4.18. The molecule has 17 heavy (non-hydrogen) atoms. The number of nitro groups is 1. The molecule has 0 spiro atoms. The molecule has 0 amide bonds. The molecule has 5 heteroatoms. The molecule has 0 unspecified atom stereocenters. The Morgan fingerprint density at radius 3 is 2.82 bits per heavy atom. The fraction of sp³-hybridized carbons (Fsp3) is 0.500. The van der Waals surface area contributed by atoms with E-state index in [0.717, 1.165) is 5.56 Å². The molecule has 1 aliphatic rings. The highest BCUT2D eigenvalue weighted by molar-refractivity contribution is 5.42. The first-order valence-electron chi connectivity index (χ1n) is 5.83. The van der Waals surface area contributed by atoms with E-state index in [4.69, 9.17) is 4.74 Å². The van der Waals surface area contributed by atoms with Crippen molar-refractivity contribution in [3.05, 3.63) is 33.9 Å². The van der Waals surface area contributed by atoms with Crippen molar-refractivity contribution in [2.45, 2.75) is 32.4 Å². The number of nitrogens with zero attached hydrogens (tertiary/aromatic N) is 1. The molecule has 1 aromatic carbocycles. The van der Waals surface area contributed by atoms with E-state index in [1.165, 1.54) is 18.9 Å². The number of hydrogen-bond acceptors (Lipinski definition) is 4. The number of nitrogens with one attached hydrogen (secondary N) is 1. The molecular formula is C12H16N2O3. The average Bonchev–Trinajstić information content (AvgIpc) is 3.10. The molecule has 1 saturated carbocycles. The van der Waals surface area contributed by atoms with Crippen molar-refractivity contribution in [1.29, 1.82) is 0 Å². The first-order chi connectivity index (χ1) is 8.19. The molecule has 0 heterocycles. The van der Waals surface area contributed by atoms with Crippen LogP contribution in [-0.4, -0.2) is 17.6 Å². The van der Waals surface area contributed by atoms with Crippen molar-refractivity contribution in [3.63, 3.8) is 0 Å². The summed E-state index contributed by atoms with van der Waals surface area (Å²) >= 11 is 0. The largest absolute Gasteiger partial charge is 0.494 e. The van der Waals surface area contributed by atoms with Gasteiger partial charge in [0.2, 0.25) is 0 Å². The fourth-order valence-corrected chi connectivity index (χ4v) is 1.65. The summed E-state index contributed by atoms with van der Waals surface area (Å²) in [5.41, 5.74) is 0.984. The third kappa shape index (κ3) is 3.42. The Morgan fingerprint density at radius 1 is 1.47 bits per heavy atom. The fourth-order valence-electron chi connectivity index (χ4n) is 1.65. The molecule has 1 aromatic rings. The molecule has 0 aliphatic heterocycles. The monoisotopic (exact) mass is 236 g/mol. The van der Waals surface area contributed by atoms with Crippen LogP contribution in [0.3, 0.4) is 0 Å². The van der Waals surface area contributed by atoms with Crippen LogP contribution in [0.25, 0.3) is 0 Å². The van der Waals surface area contributed by atoms with Crippen molar-refractivity contribution in [2.24, 2.45) is 0 Å². The van der Waals surface area contributed by atoms with E-state index in [1.54, 1.807) is 6.07 Å². The number of rotatable bonds is 6. The molecule has 1 aliphatic carbocycles. The van der Waals surface area contributed by atoms with E-state index in [-0.39, 0.29) is 10.6 Å². The molecule has 0 bridgehead atoms. The minimum Gasteiger partial charge on any atom is -0.494 e. The Labute approximate surface area is 99.9 Å². The minimum absolute atomic E-state index is 0.0866. The maximum atomic E-state index is 10.8. The quantitative estimate of drug-likeness (QED) is 0.607. The lowest BCUT2D eigenvalue weighted by atomic mass is 10.2. The summed E-state index contributed by atoms with van der Waals surface area (Å²) in [4.78, 5) is 10.4. The number of non-ortho nitro benzene ring substituents is 1. The second kappa shape index (κ2) is 5.14. The summed E-state index contributed by atoms with van der Waals surface area (Å²) in [5.74, 6) is 0.564. The molecule has 0 aromatic heterocycles. The van der Waals surface area contributed by atoms with Crippen LogP contribution in [0.15, 0.2) is 18.2 Å². The van der Waals surface area contributed by atoms with Crippen molar-refractivity contribution >= 4 is 5.69 Å². The molecule has 2 rings (SSSR count). The predicted octanol–water partition coefficient (Wildman–Crippen LogP) is 2.25. The van der Waals surface area contributed by atoms with Gasteiger partial charge in [-0.3, -0.25) is 10.1 Å². The van der Waals surface area contributed by atoms with Crippen LogP contribution in [0.5, 0.6) is 5.75 Å². The maximum Gasteiger partial charge on any atom is 0.273 e.